The lowest BCUT2D eigenvalue weighted by atomic mass is 10.1. The summed E-state index contributed by atoms with van der Waals surface area (Å²) < 4.78 is 27.4. The summed E-state index contributed by atoms with van der Waals surface area (Å²) in [4.78, 5) is 17.6. The number of carbonyl (C=O) groups excluding carboxylic acids is 1. The number of pyridine rings is 1. The molecule has 6 nitrogen and oxygen atoms in total. The van der Waals surface area contributed by atoms with E-state index in [9.17, 15) is 13.2 Å². The molecule has 1 fully saturated rings. The van der Waals surface area contributed by atoms with E-state index in [0.717, 1.165) is 45.6 Å². The molecule has 8 heteroatoms. The SMILES string of the molecule is Cc1ccc(NC(=O)[C@@H](C)Sc2cc(C)c3cc(S(=O)(=O)N4CCCC4)ccc3n2)cc1. The third-order valence-corrected chi connectivity index (χ3v) is 8.57. The van der Waals surface area contributed by atoms with Crippen molar-refractivity contribution in [2.24, 2.45) is 0 Å². The van der Waals surface area contributed by atoms with E-state index in [1.54, 1.807) is 22.5 Å². The zero-order valence-corrected chi connectivity index (χ0v) is 20.1. The average Bonchev–Trinajstić information content (AvgIpc) is 3.31. The molecule has 32 heavy (non-hydrogen) atoms. The number of anilines is 1. The molecule has 3 aromatic rings. The molecule has 0 aliphatic carbocycles. The van der Waals surface area contributed by atoms with Gasteiger partial charge in [-0.3, -0.25) is 4.79 Å². The van der Waals surface area contributed by atoms with Crippen molar-refractivity contribution in [3.63, 3.8) is 0 Å². The number of amides is 1. The Balaban J connectivity index is 1.52. The average molecular weight is 470 g/mol. The van der Waals surface area contributed by atoms with E-state index in [1.807, 2.05) is 51.1 Å². The van der Waals surface area contributed by atoms with Gasteiger partial charge in [0.25, 0.3) is 0 Å². The van der Waals surface area contributed by atoms with E-state index in [2.05, 4.69) is 10.3 Å². The lowest BCUT2D eigenvalue weighted by molar-refractivity contribution is -0.115. The third kappa shape index (κ3) is 4.82. The summed E-state index contributed by atoms with van der Waals surface area (Å²) in [6.07, 6.45) is 1.81. The second-order valence-corrected chi connectivity index (χ2v) is 11.5. The standard InChI is InChI=1S/C24H27N3O3S2/c1-16-6-8-19(9-7-16)25-24(28)18(3)31-23-14-17(2)21-15-20(10-11-22(21)26-23)32(29,30)27-12-4-5-13-27/h6-11,14-15,18H,4-5,12-13H2,1-3H3,(H,25,28)/t18-/m1/s1. The van der Waals surface area contributed by atoms with Crippen LogP contribution in [0.1, 0.15) is 30.9 Å². The highest BCUT2D eigenvalue weighted by Crippen LogP contribution is 2.30. The Morgan fingerprint density at radius 1 is 1.06 bits per heavy atom. The number of aryl methyl sites for hydroxylation is 2. The Morgan fingerprint density at radius 2 is 1.75 bits per heavy atom. The maximum atomic E-state index is 12.9. The van der Waals surface area contributed by atoms with Gasteiger partial charge in [0, 0.05) is 24.2 Å². The maximum absolute atomic E-state index is 12.9. The van der Waals surface area contributed by atoms with Gasteiger partial charge in [-0.25, -0.2) is 13.4 Å². The first-order chi connectivity index (χ1) is 15.2. The summed E-state index contributed by atoms with van der Waals surface area (Å²) in [5, 5.41) is 4.14. The number of thioether (sulfide) groups is 1. The first-order valence-electron chi connectivity index (χ1n) is 10.7. The molecule has 1 saturated heterocycles. The van der Waals surface area contributed by atoms with Crippen molar-refractivity contribution in [3.8, 4) is 0 Å². The molecule has 1 atom stereocenters. The molecule has 1 N–H and O–H groups in total. The van der Waals surface area contributed by atoms with Crippen molar-refractivity contribution in [2.45, 2.75) is 48.8 Å². The number of nitrogens with one attached hydrogen (secondary N) is 1. The van der Waals surface area contributed by atoms with Crippen LogP contribution in [0.4, 0.5) is 5.69 Å². The van der Waals surface area contributed by atoms with Gasteiger partial charge in [0.1, 0.15) is 0 Å². The molecule has 0 spiro atoms. The number of hydrogen-bond donors (Lipinski definition) is 1. The van der Waals surface area contributed by atoms with Crippen LogP contribution in [0, 0.1) is 13.8 Å². The van der Waals surface area contributed by atoms with Gasteiger partial charge < -0.3 is 5.32 Å². The number of sulfonamides is 1. The van der Waals surface area contributed by atoms with Crippen LogP contribution in [0.25, 0.3) is 10.9 Å². The molecule has 1 aliphatic rings. The van der Waals surface area contributed by atoms with E-state index in [4.69, 9.17) is 0 Å². The first-order valence-corrected chi connectivity index (χ1v) is 13.0. The number of benzene rings is 2. The molecule has 2 heterocycles. The maximum Gasteiger partial charge on any atom is 0.243 e. The van der Waals surface area contributed by atoms with Crippen molar-refractivity contribution in [3.05, 3.63) is 59.7 Å². The van der Waals surface area contributed by atoms with Crippen LogP contribution < -0.4 is 5.32 Å². The van der Waals surface area contributed by atoms with Crippen LogP contribution >= 0.6 is 11.8 Å². The van der Waals surface area contributed by atoms with Crippen LogP contribution in [0.5, 0.6) is 0 Å². The Hall–Kier alpha value is -2.42. The van der Waals surface area contributed by atoms with Crippen LogP contribution in [0.2, 0.25) is 0 Å². The molecular weight excluding hydrogens is 442 g/mol. The van der Waals surface area contributed by atoms with Crippen LogP contribution in [-0.2, 0) is 14.8 Å². The minimum Gasteiger partial charge on any atom is -0.325 e. The summed E-state index contributed by atoms with van der Waals surface area (Å²) in [7, 11) is -3.47. The van der Waals surface area contributed by atoms with E-state index >= 15 is 0 Å². The number of hydrogen-bond acceptors (Lipinski definition) is 5. The fraction of sp³-hybridized carbons (Fsp3) is 0.333. The highest BCUT2D eigenvalue weighted by molar-refractivity contribution is 8.00. The second kappa shape index (κ2) is 9.21. The van der Waals surface area contributed by atoms with Gasteiger partial charge in [-0.1, -0.05) is 29.5 Å². The minimum absolute atomic E-state index is 0.0922. The molecule has 1 amide bonds. The quantitative estimate of drug-likeness (QED) is 0.527. The van der Waals surface area contributed by atoms with Gasteiger partial charge in [-0.05, 0) is 75.6 Å². The highest BCUT2D eigenvalue weighted by atomic mass is 32.2. The molecule has 0 radical (unpaired) electrons. The highest BCUT2D eigenvalue weighted by Gasteiger charge is 2.27. The lowest BCUT2D eigenvalue weighted by Crippen LogP contribution is -2.27. The minimum atomic E-state index is -3.47. The molecule has 0 unspecified atom stereocenters. The van der Waals surface area contributed by atoms with Crippen molar-refractivity contribution in [2.75, 3.05) is 18.4 Å². The fourth-order valence-corrected chi connectivity index (χ4v) is 6.22. The van der Waals surface area contributed by atoms with E-state index in [1.165, 1.54) is 11.8 Å². The number of carbonyl (C=O) groups is 1. The predicted octanol–water partition coefficient (Wildman–Crippen LogP) is 4.76. The summed E-state index contributed by atoms with van der Waals surface area (Å²) >= 11 is 1.38. The zero-order valence-electron chi connectivity index (χ0n) is 18.5. The Morgan fingerprint density at radius 3 is 2.44 bits per heavy atom. The fourth-order valence-electron chi connectivity index (χ4n) is 3.76. The van der Waals surface area contributed by atoms with Crippen molar-refractivity contribution < 1.29 is 13.2 Å². The monoisotopic (exact) mass is 469 g/mol. The number of fused-ring (bicyclic) bond motifs is 1. The van der Waals surface area contributed by atoms with Crippen LogP contribution in [0.3, 0.4) is 0 Å². The van der Waals surface area contributed by atoms with Crippen molar-refractivity contribution in [1.29, 1.82) is 0 Å². The molecule has 1 aromatic heterocycles. The normalized spacial score (nSPS) is 15.7. The summed E-state index contributed by atoms with van der Waals surface area (Å²) in [5.74, 6) is -0.0922. The third-order valence-electron chi connectivity index (χ3n) is 5.65. The van der Waals surface area contributed by atoms with Gasteiger partial charge in [-0.2, -0.15) is 4.31 Å². The molecule has 4 rings (SSSR count). The summed E-state index contributed by atoms with van der Waals surface area (Å²) in [6, 6.07) is 14.7. The van der Waals surface area contributed by atoms with E-state index in [-0.39, 0.29) is 11.2 Å². The van der Waals surface area contributed by atoms with E-state index in [0.29, 0.717) is 18.0 Å². The molecule has 2 aromatic carbocycles. The van der Waals surface area contributed by atoms with Crippen LogP contribution in [-0.4, -0.2) is 42.0 Å². The van der Waals surface area contributed by atoms with Gasteiger partial charge in [0.15, 0.2) is 0 Å². The Bertz CT molecular complexity index is 1250. The van der Waals surface area contributed by atoms with Crippen molar-refractivity contribution in [1.82, 2.24) is 9.29 Å². The molecule has 0 saturated carbocycles. The van der Waals surface area contributed by atoms with Gasteiger partial charge in [0.05, 0.1) is 20.7 Å². The molecule has 168 valence electrons. The van der Waals surface area contributed by atoms with Crippen molar-refractivity contribution >= 4 is 44.3 Å². The Labute approximate surface area is 193 Å². The van der Waals surface area contributed by atoms with Gasteiger partial charge in [-0.15, -0.1) is 0 Å². The predicted molar refractivity (Wildman–Crippen MR) is 130 cm³/mol. The summed E-state index contributed by atoms with van der Waals surface area (Å²) in [6.45, 7) is 6.95. The first kappa shape index (κ1) is 22.8. The Kier molecular flexibility index (Phi) is 6.55. The number of rotatable bonds is 6. The summed E-state index contributed by atoms with van der Waals surface area (Å²) in [5.41, 5.74) is 3.56. The zero-order chi connectivity index (χ0) is 22.9. The van der Waals surface area contributed by atoms with Crippen LogP contribution in [0.15, 0.2) is 58.5 Å². The van der Waals surface area contributed by atoms with Gasteiger partial charge in [0.2, 0.25) is 15.9 Å². The number of nitrogens with zero attached hydrogens (tertiary/aromatic N) is 2. The number of aromatic nitrogens is 1. The topological polar surface area (TPSA) is 79.4 Å². The lowest BCUT2D eigenvalue weighted by Gasteiger charge is -2.16. The largest absolute Gasteiger partial charge is 0.325 e. The molecule has 0 bridgehead atoms. The molecular formula is C24H27N3O3S2. The van der Waals surface area contributed by atoms with E-state index < -0.39 is 10.0 Å². The van der Waals surface area contributed by atoms with Gasteiger partial charge >= 0.3 is 0 Å². The second-order valence-electron chi connectivity index (χ2n) is 8.18. The molecule has 1 aliphatic heterocycles. The smallest absolute Gasteiger partial charge is 0.243 e.